The molecule has 1 aliphatic rings. The Morgan fingerprint density at radius 2 is 1.75 bits per heavy atom. The van der Waals surface area contributed by atoms with Crippen molar-refractivity contribution in [3.05, 3.63) is 59.2 Å². The van der Waals surface area contributed by atoms with Gasteiger partial charge in [-0.15, -0.1) is 0 Å². The summed E-state index contributed by atoms with van der Waals surface area (Å²) >= 11 is 0. The minimum Gasteiger partial charge on any atom is -0.302 e. The highest BCUT2D eigenvalue weighted by Crippen LogP contribution is 2.37. The predicted octanol–water partition coefficient (Wildman–Crippen LogP) is 4.18. The lowest BCUT2D eigenvalue weighted by molar-refractivity contribution is 0.299. The molecule has 0 spiro atoms. The van der Waals surface area contributed by atoms with Crippen LogP contribution in [0.25, 0.3) is 11.1 Å². The van der Waals surface area contributed by atoms with Crippen LogP contribution in [0, 0.1) is 11.6 Å². The van der Waals surface area contributed by atoms with E-state index in [1.165, 1.54) is 29.3 Å². The molecule has 0 saturated heterocycles. The fourth-order valence-corrected chi connectivity index (χ4v) is 3.05. The molecule has 0 fully saturated rings. The van der Waals surface area contributed by atoms with Gasteiger partial charge >= 0.3 is 0 Å². The Morgan fingerprint density at radius 1 is 1.05 bits per heavy atom. The van der Waals surface area contributed by atoms with Crippen LogP contribution in [0.2, 0.25) is 0 Å². The fraction of sp³-hybridized carbons (Fsp3) is 0.294. The Labute approximate surface area is 117 Å². The number of hydrogen-bond acceptors (Lipinski definition) is 1. The molecule has 104 valence electrons. The lowest BCUT2D eigenvalue weighted by atomic mass is 9.98. The third-order valence-electron chi connectivity index (χ3n) is 4.07. The Balaban J connectivity index is 2.12. The van der Waals surface area contributed by atoms with Gasteiger partial charge < -0.3 is 4.90 Å². The van der Waals surface area contributed by atoms with Crippen LogP contribution in [0.3, 0.4) is 0 Å². The van der Waals surface area contributed by atoms with Gasteiger partial charge in [-0.05, 0) is 61.8 Å². The van der Waals surface area contributed by atoms with Crippen LogP contribution in [0.1, 0.15) is 23.6 Å². The van der Waals surface area contributed by atoms with E-state index in [4.69, 9.17) is 0 Å². The van der Waals surface area contributed by atoms with Gasteiger partial charge in [0.1, 0.15) is 11.6 Å². The van der Waals surface area contributed by atoms with E-state index in [2.05, 4.69) is 4.90 Å². The second-order valence-electron chi connectivity index (χ2n) is 5.53. The van der Waals surface area contributed by atoms with E-state index in [0.29, 0.717) is 11.6 Å². The number of benzene rings is 2. The summed E-state index contributed by atoms with van der Waals surface area (Å²) in [5.74, 6) is -1.02. The molecule has 3 heteroatoms. The number of hydrogen-bond donors (Lipinski definition) is 0. The molecule has 1 aliphatic carbocycles. The van der Waals surface area contributed by atoms with Gasteiger partial charge in [-0.3, -0.25) is 0 Å². The SMILES string of the molecule is CN(C)C1CCc2ccc(-c3c(F)cccc3F)cc21. The Morgan fingerprint density at radius 3 is 2.40 bits per heavy atom. The first-order valence-corrected chi connectivity index (χ1v) is 6.81. The average molecular weight is 273 g/mol. The van der Waals surface area contributed by atoms with Gasteiger partial charge in [0.25, 0.3) is 0 Å². The topological polar surface area (TPSA) is 3.24 Å². The van der Waals surface area contributed by atoms with Crippen LogP contribution >= 0.6 is 0 Å². The van der Waals surface area contributed by atoms with Crippen molar-refractivity contribution in [2.75, 3.05) is 14.1 Å². The summed E-state index contributed by atoms with van der Waals surface area (Å²) in [6.07, 6.45) is 2.09. The van der Waals surface area contributed by atoms with Crippen molar-refractivity contribution in [1.82, 2.24) is 4.90 Å². The van der Waals surface area contributed by atoms with Crippen LogP contribution in [0.5, 0.6) is 0 Å². The molecule has 0 aliphatic heterocycles. The van der Waals surface area contributed by atoms with Crippen LogP contribution in [0.15, 0.2) is 36.4 Å². The molecule has 0 amide bonds. The molecule has 2 aromatic rings. The minimum atomic E-state index is -0.510. The minimum absolute atomic E-state index is 0.0692. The maximum absolute atomic E-state index is 13.9. The lowest BCUT2D eigenvalue weighted by Crippen LogP contribution is -2.17. The zero-order valence-electron chi connectivity index (χ0n) is 11.7. The number of aryl methyl sites for hydroxylation is 1. The quantitative estimate of drug-likeness (QED) is 0.793. The smallest absolute Gasteiger partial charge is 0.133 e. The largest absolute Gasteiger partial charge is 0.302 e. The molecule has 2 aromatic carbocycles. The van der Waals surface area contributed by atoms with E-state index in [-0.39, 0.29) is 5.56 Å². The Kier molecular flexibility index (Phi) is 3.30. The molecule has 0 saturated carbocycles. The van der Waals surface area contributed by atoms with Gasteiger partial charge in [-0.2, -0.15) is 0 Å². The highest BCUT2D eigenvalue weighted by Gasteiger charge is 2.25. The van der Waals surface area contributed by atoms with Gasteiger partial charge in [-0.25, -0.2) is 8.78 Å². The molecule has 3 rings (SSSR count). The molecule has 1 nitrogen and oxygen atoms in total. The molecule has 0 aromatic heterocycles. The number of nitrogens with zero attached hydrogens (tertiary/aromatic N) is 1. The first kappa shape index (κ1) is 13.3. The molecule has 1 atom stereocenters. The summed E-state index contributed by atoms with van der Waals surface area (Å²) in [6, 6.07) is 10.1. The van der Waals surface area contributed by atoms with Gasteiger partial charge in [-0.1, -0.05) is 18.2 Å². The molecular formula is C17H17F2N. The Bertz CT molecular complexity index is 629. The van der Waals surface area contributed by atoms with E-state index in [9.17, 15) is 8.78 Å². The van der Waals surface area contributed by atoms with Crippen molar-refractivity contribution in [3.63, 3.8) is 0 Å². The highest BCUT2D eigenvalue weighted by molar-refractivity contribution is 5.67. The van der Waals surface area contributed by atoms with Gasteiger partial charge in [0, 0.05) is 6.04 Å². The first-order chi connectivity index (χ1) is 9.58. The summed E-state index contributed by atoms with van der Waals surface area (Å²) in [4.78, 5) is 2.16. The van der Waals surface area contributed by atoms with Crippen molar-refractivity contribution in [3.8, 4) is 11.1 Å². The van der Waals surface area contributed by atoms with Crippen LogP contribution in [0.4, 0.5) is 8.78 Å². The number of halogens is 2. The average Bonchev–Trinajstić information content (AvgIpc) is 2.81. The zero-order chi connectivity index (χ0) is 14.3. The standard InChI is InChI=1S/C17H17F2N/c1-20(2)16-9-8-11-6-7-12(10-13(11)16)17-14(18)4-3-5-15(17)19/h3-7,10,16H,8-9H2,1-2H3. The monoisotopic (exact) mass is 273 g/mol. The van der Waals surface area contributed by atoms with Crippen molar-refractivity contribution in [2.45, 2.75) is 18.9 Å². The fourth-order valence-electron chi connectivity index (χ4n) is 3.05. The maximum Gasteiger partial charge on any atom is 0.133 e. The molecule has 0 radical (unpaired) electrons. The van der Waals surface area contributed by atoms with E-state index in [0.717, 1.165) is 12.8 Å². The first-order valence-electron chi connectivity index (χ1n) is 6.81. The third kappa shape index (κ3) is 2.12. The lowest BCUT2D eigenvalue weighted by Gasteiger charge is -2.20. The van der Waals surface area contributed by atoms with Crippen LogP contribution in [-0.4, -0.2) is 19.0 Å². The van der Waals surface area contributed by atoms with E-state index in [1.807, 2.05) is 32.3 Å². The van der Waals surface area contributed by atoms with Crippen LogP contribution < -0.4 is 0 Å². The van der Waals surface area contributed by atoms with Crippen molar-refractivity contribution in [2.24, 2.45) is 0 Å². The molecule has 0 N–H and O–H groups in total. The third-order valence-corrected chi connectivity index (χ3v) is 4.07. The van der Waals surface area contributed by atoms with Gasteiger partial charge in [0.2, 0.25) is 0 Å². The van der Waals surface area contributed by atoms with E-state index in [1.54, 1.807) is 0 Å². The van der Waals surface area contributed by atoms with Crippen LogP contribution in [-0.2, 0) is 6.42 Å². The molecule has 1 unspecified atom stereocenters. The predicted molar refractivity (Wildman–Crippen MR) is 76.5 cm³/mol. The molecule has 0 bridgehead atoms. The molecule has 0 heterocycles. The highest BCUT2D eigenvalue weighted by atomic mass is 19.1. The Hall–Kier alpha value is -1.74. The normalized spacial score (nSPS) is 17.6. The van der Waals surface area contributed by atoms with E-state index >= 15 is 0 Å². The zero-order valence-corrected chi connectivity index (χ0v) is 11.7. The second-order valence-corrected chi connectivity index (χ2v) is 5.53. The summed E-state index contributed by atoms with van der Waals surface area (Å²) in [6.45, 7) is 0. The van der Waals surface area contributed by atoms with Crippen molar-refractivity contribution >= 4 is 0 Å². The summed E-state index contributed by atoms with van der Waals surface area (Å²) in [5.41, 5.74) is 3.16. The van der Waals surface area contributed by atoms with Gasteiger partial charge in [0.15, 0.2) is 0 Å². The summed E-state index contributed by atoms with van der Waals surface area (Å²) < 4.78 is 27.8. The molecule has 20 heavy (non-hydrogen) atoms. The second kappa shape index (κ2) is 4.98. The number of rotatable bonds is 2. The maximum atomic E-state index is 13.9. The van der Waals surface area contributed by atoms with Crippen molar-refractivity contribution in [1.29, 1.82) is 0 Å². The molecular weight excluding hydrogens is 256 g/mol. The van der Waals surface area contributed by atoms with Gasteiger partial charge in [0.05, 0.1) is 5.56 Å². The van der Waals surface area contributed by atoms with Crippen molar-refractivity contribution < 1.29 is 8.78 Å². The number of fused-ring (bicyclic) bond motifs is 1. The van der Waals surface area contributed by atoms with E-state index < -0.39 is 11.6 Å². The summed E-state index contributed by atoms with van der Waals surface area (Å²) in [7, 11) is 4.08. The summed E-state index contributed by atoms with van der Waals surface area (Å²) in [5, 5.41) is 0.